The molecule has 5 nitrogen and oxygen atoms in total. The van der Waals surface area contributed by atoms with Gasteiger partial charge in [-0.1, -0.05) is 12.8 Å². The van der Waals surface area contributed by atoms with Gasteiger partial charge in [0.25, 0.3) is 5.91 Å². The highest BCUT2D eigenvalue weighted by atomic mass is 19.1. The molecule has 0 radical (unpaired) electrons. The summed E-state index contributed by atoms with van der Waals surface area (Å²) in [5.74, 6) is 0.112. The molecule has 1 aromatic carbocycles. The first-order chi connectivity index (χ1) is 11.2. The van der Waals surface area contributed by atoms with Crippen LogP contribution in [0, 0.1) is 5.82 Å². The Bertz CT molecular complexity index is 649. The number of hydrogen-bond donors (Lipinski definition) is 1. The number of aromatic nitrogens is 2. The average molecular weight is 314 g/mol. The Kier molecular flexibility index (Phi) is 4.80. The molecule has 1 aliphatic heterocycles. The van der Waals surface area contributed by atoms with Gasteiger partial charge in [0.15, 0.2) is 11.5 Å². The Hall–Kier alpha value is -2.50. The molecule has 120 valence electrons. The summed E-state index contributed by atoms with van der Waals surface area (Å²) < 4.78 is 12.9. The van der Waals surface area contributed by atoms with E-state index in [0.29, 0.717) is 5.69 Å². The van der Waals surface area contributed by atoms with E-state index in [1.807, 2.05) is 6.07 Å². The molecule has 0 saturated carbocycles. The Morgan fingerprint density at radius 1 is 0.957 bits per heavy atom. The van der Waals surface area contributed by atoms with Gasteiger partial charge in [0, 0.05) is 18.8 Å². The monoisotopic (exact) mass is 314 g/mol. The number of carbonyl (C=O) groups excluding carboxylic acids is 1. The fraction of sp³-hybridized carbons (Fsp3) is 0.353. The van der Waals surface area contributed by atoms with Crippen LogP contribution < -0.4 is 10.2 Å². The van der Waals surface area contributed by atoms with Crippen molar-refractivity contribution < 1.29 is 9.18 Å². The summed E-state index contributed by atoms with van der Waals surface area (Å²) in [5, 5.41) is 10.9. The molecule has 3 rings (SSSR count). The second-order valence-corrected chi connectivity index (χ2v) is 5.64. The molecule has 1 fully saturated rings. The van der Waals surface area contributed by atoms with Gasteiger partial charge in [0.2, 0.25) is 0 Å². The lowest BCUT2D eigenvalue weighted by Crippen LogP contribution is -2.25. The van der Waals surface area contributed by atoms with Gasteiger partial charge in [0.05, 0.1) is 0 Å². The van der Waals surface area contributed by atoms with Gasteiger partial charge in [-0.15, -0.1) is 10.2 Å². The number of anilines is 2. The second-order valence-electron chi connectivity index (χ2n) is 5.64. The molecule has 23 heavy (non-hydrogen) atoms. The first-order valence-electron chi connectivity index (χ1n) is 7.88. The van der Waals surface area contributed by atoms with E-state index >= 15 is 0 Å². The number of rotatable bonds is 3. The number of nitrogens with zero attached hydrogens (tertiary/aromatic N) is 3. The average Bonchev–Trinajstić information content (AvgIpc) is 2.86. The van der Waals surface area contributed by atoms with E-state index in [1.54, 1.807) is 6.07 Å². The van der Waals surface area contributed by atoms with Crippen molar-refractivity contribution in [2.24, 2.45) is 0 Å². The van der Waals surface area contributed by atoms with Crippen LogP contribution in [0.3, 0.4) is 0 Å². The van der Waals surface area contributed by atoms with Crippen LogP contribution >= 0.6 is 0 Å². The second kappa shape index (κ2) is 7.17. The number of hydrogen-bond acceptors (Lipinski definition) is 4. The van der Waals surface area contributed by atoms with Crippen LogP contribution in [0.25, 0.3) is 0 Å². The van der Waals surface area contributed by atoms with Gasteiger partial charge in [0.1, 0.15) is 5.82 Å². The lowest BCUT2D eigenvalue weighted by atomic mass is 10.2. The SMILES string of the molecule is O=C(Nc1ccc(F)cc1)c1ccc(N2CCCCCC2)nn1. The number of nitrogens with one attached hydrogen (secondary N) is 1. The first kappa shape index (κ1) is 15.4. The predicted molar refractivity (Wildman–Crippen MR) is 87.1 cm³/mol. The number of benzene rings is 1. The smallest absolute Gasteiger partial charge is 0.276 e. The molecule has 0 aliphatic carbocycles. The lowest BCUT2D eigenvalue weighted by Gasteiger charge is -2.20. The van der Waals surface area contributed by atoms with Crippen LogP contribution in [0.15, 0.2) is 36.4 Å². The summed E-state index contributed by atoms with van der Waals surface area (Å²) in [6.45, 7) is 1.96. The molecule has 1 aromatic heterocycles. The Morgan fingerprint density at radius 2 is 1.65 bits per heavy atom. The van der Waals surface area contributed by atoms with Crippen LogP contribution in [0.2, 0.25) is 0 Å². The van der Waals surface area contributed by atoms with Crippen molar-refractivity contribution in [3.05, 3.63) is 47.9 Å². The van der Waals surface area contributed by atoms with Gasteiger partial charge in [-0.05, 0) is 49.2 Å². The first-order valence-corrected chi connectivity index (χ1v) is 7.88. The van der Waals surface area contributed by atoms with E-state index in [2.05, 4.69) is 20.4 Å². The van der Waals surface area contributed by atoms with Crippen molar-refractivity contribution in [3.8, 4) is 0 Å². The number of amides is 1. The summed E-state index contributed by atoms with van der Waals surface area (Å²) in [5.41, 5.74) is 0.766. The van der Waals surface area contributed by atoms with Crippen molar-refractivity contribution >= 4 is 17.4 Å². The molecule has 6 heteroatoms. The number of halogens is 1. The third-order valence-corrected chi connectivity index (χ3v) is 3.92. The minimum atomic E-state index is -0.355. The quantitative estimate of drug-likeness (QED) is 0.945. The molecule has 1 aliphatic rings. The van der Waals surface area contributed by atoms with Crippen LogP contribution in [0.1, 0.15) is 36.2 Å². The highest BCUT2D eigenvalue weighted by molar-refractivity contribution is 6.02. The van der Waals surface area contributed by atoms with Crippen LogP contribution in [-0.2, 0) is 0 Å². The van der Waals surface area contributed by atoms with Gasteiger partial charge in [-0.2, -0.15) is 0 Å². The summed E-state index contributed by atoms with van der Waals surface area (Å²) in [6.07, 6.45) is 4.83. The van der Waals surface area contributed by atoms with Crippen LogP contribution in [0.4, 0.5) is 15.9 Å². The minimum Gasteiger partial charge on any atom is -0.355 e. The van der Waals surface area contributed by atoms with Crippen molar-refractivity contribution in [1.29, 1.82) is 0 Å². The normalized spacial score (nSPS) is 15.1. The maximum absolute atomic E-state index is 12.9. The van der Waals surface area contributed by atoms with E-state index in [1.165, 1.54) is 37.1 Å². The van der Waals surface area contributed by atoms with Gasteiger partial charge in [-0.3, -0.25) is 4.79 Å². The third kappa shape index (κ3) is 4.03. The van der Waals surface area contributed by atoms with E-state index < -0.39 is 0 Å². The molecule has 0 spiro atoms. The summed E-state index contributed by atoms with van der Waals surface area (Å²) in [7, 11) is 0. The van der Waals surface area contributed by atoms with Crippen molar-refractivity contribution in [3.63, 3.8) is 0 Å². The van der Waals surface area contributed by atoms with Gasteiger partial charge < -0.3 is 10.2 Å². The molecule has 0 bridgehead atoms. The molecule has 1 saturated heterocycles. The highest BCUT2D eigenvalue weighted by Crippen LogP contribution is 2.17. The summed E-state index contributed by atoms with van der Waals surface area (Å²) in [6, 6.07) is 9.11. The zero-order chi connectivity index (χ0) is 16.1. The maximum Gasteiger partial charge on any atom is 0.276 e. The third-order valence-electron chi connectivity index (χ3n) is 3.92. The molecular formula is C17H19FN4O. The van der Waals surface area contributed by atoms with E-state index in [-0.39, 0.29) is 17.4 Å². The van der Waals surface area contributed by atoms with E-state index in [4.69, 9.17) is 0 Å². The van der Waals surface area contributed by atoms with Gasteiger partial charge in [-0.25, -0.2) is 4.39 Å². The van der Waals surface area contributed by atoms with Crippen LogP contribution in [-0.4, -0.2) is 29.2 Å². The molecule has 0 unspecified atom stereocenters. The minimum absolute atomic E-state index is 0.243. The standard InChI is InChI=1S/C17H19FN4O/c18-13-5-7-14(8-6-13)19-17(23)15-9-10-16(21-20-15)22-11-3-1-2-4-12-22/h5-10H,1-4,11-12H2,(H,19,23). The molecule has 1 N–H and O–H groups in total. The Balaban J connectivity index is 1.66. The van der Waals surface area contributed by atoms with Crippen molar-refractivity contribution in [2.45, 2.75) is 25.7 Å². The zero-order valence-electron chi connectivity index (χ0n) is 12.8. The zero-order valence-corrected chi connectivity index (χ0v) is 12.8. The summed E-state index contributed by atoms with van der Waals surface area (Å²) >= 11 is 0. The Labute approximate surface area is 134 Å². The van der Waals surface area contributed by atoms with E-state index in [9.17, 15) is 9.18 Å². The van der Waals surface area contributed by atoms with Crippen molar-refractivity contribution in [1.82, 2.24) is 10.2 Å². The predicted octanol–water partition coefficient (Wildman–Crippen LogP) is 3.25. The number of carbonyl (C=O) groups is 1. The molecular weight excluding hydrogens is 295 g/mol. The Morgan fingerprint density at radius 3 is 2.26 bits per heavy atom. The van der Waals surface area contributed by atoms with Gasteiger partial charge >= 0.3 is 0 Å². The fourth-order valence-electron chi connectivity index (χ4n) is 2.64. The lowest BCUT2D eigenvalue weighted by molar-refractivity contribution is 0.102. The maximum atomic E-state index is 12.9. The van der Waals surface area contributed by atoms with Crippen LogP contribution in [0.5, 0.6) is 0 Å². The largest absolute Gasteiger partial charge is 0.355 e. The highest BCUT2D eigenvalue weighted by Gasteiger charge is 2.13. The van der Waals surface area contributed by atoms with E-state index in [0.717, 1.165) is 31.7 Å². The molecule has 0 atom stereocenters. The summed E-state index contributed by atoms with van der Waals surface area (Å²) in [4.78, 5) is 14.3. The molecule has 1 amide bonds. The fourth-order valence-corrected chi connectivity index (χ4v) is 2.64. The molecule has 2 heterocycles. The van der Waals surface area contributed by atoms with Crippen molar-refractivity contribution in [2.75, 3.05) is 23.3 Å². The topological polar surface area (TPSA) is 58.1 Å². The molecule has 2 aromatic rings.